The van der Waals surface area contributed by atoms with Crippen LogP contribution in [-0.4, -0.2) is 44.3 Å². The van der Waals surface area contributed by atoms with Gasteiger partial charge in [-0.25, -0.2) is 12.8 Å². The molecule has 0 saturated heterocycles. The minimum atomic E-state index is -4.00. The van der Waals surface area contributed by atoms with Crippen LogP contribution in [0.25, 0.3) is 0 Å². The summed E-state index contributed by atoms with van der Waals surface area (Å²) in [5.41, 5.74) is 2.51. The number of anilines is 1. The second-order valence-corrected chi connectivity index (χ2v) is 8.70. The standard InChI is InChI=1S/C20H23FN2O5S/c1-13-5-10-18(14(2)11-13)22-20(25)15(3)28-19(24)12-23(4)29(26,27)17-8-6-16(21)7-9-17/h5-11,15H,12H2,1-4H3,(H,22,25). The van der Waals surface area contributed by atoms with E-state index in [1.807, 2.05) is 26.0 Å². The number of esters is 1. The lowest BCUT2D eigenvalue weighted by Crippen LogP contribution is -2.37. The fourth-order valence-electron chi connectivity index (χ4n) is 2.53. The second-order valence-electron chi connectivity index (χ2n) is 6.65. The Hall–Kier alpha value is -2.78. The predicted octanol–water partition coefficient (Wildman–Crippen LogP) is 2.63. The van der Waals surface area contributed by atoms with E-state index in [0.717, 1.165) is 39.7 Å². The predicted molar refractivity (Wildman–Crippen MR) is 106 cm³/mol. The molecule has 0 aliphatic carbocycles. The largest absolute Gasteiger partial charge is 0.452 e. The van der Waals surface area contributed by atoms with Gasteiger partial charge in [0.15, 0.2) is 6.10 Å². The van der Waals surface area contributed by atoms with Gasteiger partial charge >= 0.3 is 5.97 Å². The molecule has 2 rings (SSSR count). The number of rotatable bonds is 7. The number of halogens is 1. The SMILES string of the molecule is Cc1ccc(NC(=O)C(C)OC(=O)CN(C)S(=O)(=O)c2ccc(F)cc2)c(C)c1. The quantitative estimate of drug-likeness (QED) is 0.693. The third-order valence-corrected chi connectivity index (χ3v) is 6.01. The molecule has 2 aromatic carbocycles. The number of carbonyl (C=O) groups is 2. The molecule has 9 heteroatoms. The van der Waals surface area contributed by atoms with Crippen LogP contribution in [0.3, 0.4) is 0 Å². The monoisotopic (exact) mass is 422 g/mol. The Morgan fingerprint density at radius 1 is 1.14 bits per heavy atom. The van der Waals surface area contributed by atoms with Crippen molar-refractivity contribution in [1.29, 1.82) is 0 Å². The first-order chi connectivity index (χ1) is 13.5. The summed E-state index contributed by atoms with van der Waals surface area (Å²) in [5, 5.41) is 2.67. The highest BCUT2D eigenvalue weighted by atomic mass is 32.2. The van der Waals surface area contributed by atoms with Gasteiger partial charge in [-0.2, -0.15) is 4.31 Å². The summed E-state index contributed by atoms with van der Waals surface area (Å²) in [5.74, 6) is -1.99. The highest BCUT2D eigenvalue weighted by molar-refractivity contribution is 7.89. The zero-order valence-corrected chi connectivity index (χ0v) is 17.4. The molecule has 0 saturated carbocycles. The molecule has 0 aromatic heterocycles. The molecule has 0 aliphatic rings. The molecule has 7 nitrogen and oxygen atoms in total. The van der Waals surface area contributed by atoms with E-state index < -0.39 is 40.4 Å². The van der Waals surface area contributed by atoms with Gasteiger partial charge in [-0.3, -0.25) is 9.59 Å². The summed E-state index contributed by atoms with van der Waals surface area (Å²) in [4.78, 5) is 24.2. The number of nitrogens with one attached hydrogen (secondary N) is 1. The van der Waals surface area contributed by atoms with Crippen LogP contribution < -0.4 is 5.32 Å². The van der Waals surface area contributed by atoms with Gasteiger partial charge in [-0.1, -0.05) is 17.7 Å². The molecule has 2 aromatic rings. The van der Waals surface area contributed by atoms with E-state index in [1.165, 1.54) is 14.0 Å². The number of hydrogen-bond acceptors (Lipinski definition) is 5. The number of nitrogens with zero attached hydrogens (tertiary/aromatic N) is 1. The zero-order valence-electron chi connectivity index (χ0n) is 16.6. The molecular formula is C20H23FN2O5S. The van der Waals surface area contributed by atoms with Crippen molar-refractivity contribution >= 4 is 27.6 Å². The first kappa shape index (κ1) is 22.5. The van der Waals surface area contributed by atoms with Gasteiger partial charge in [0.05, 0.1) is 4.90 Å². The van der Waals surface area contributed by atoms with Crippen LogP contribution in [-0.2, 0) is 24.3 Å². The van der Waals surface area contributed by atoms with Gasteiger partial charge in [0.2, 0.25) is 10.0 Å². The van der Waals surface area contributed by atoms with E-state index in [4.69, 9.17) is 4.74 Å². The Labute approximate surface area is 169 Å². The topological polar surface area (TPSA) is 92.8 Å². The van der Waals surface area contributed by atoms with Gasteiger partial charge < -0.3 is 10.1 Å². The van der Waals surface area contributed by atoms with Crippen molar-refractivity contribution in [3.05, 3.63) is 59.4 Å². The van der Waals surface area contributed by atoms with E-state index in [9.17, 15) is 22.4 Å². The number of benzene rings is 2. The van der Waals surface area contributed by atoms with Gasteiger partial charge in [0, 0.05) is 12.7 Å². The molecule has 0 radical (unpaired) electrons. The van der Waals surface area contributed by atoms with Crippen molar-refractivity contribution in [2.24, 2.45) is 0 Å². The number of hydrogen-bond donors (Lipinski definition) is 1. The van der Waals surface area contributed by atoms with Crippen molar-refractivity contribution in [1.82, 2.24) is 4.31 Å². The summed E-state index contributed by atoms with van der Waals surface area (Å²) in [6.45, 7) is 4.57. The van der Waals surface area contributed by atoms with E-state index >= 15 is 0 Å². The van der Waals surface area contributed by atoms with Crippen LogP contribution in [0.1, 0.15) is 18.1 Å². The summed E-state index contributed by atoms with van der Waals surface area (Å²) >= 11 is 0. The zero-order chi connectivity index (χ0) is 21.8. The number of ether oxygens (including phenoxy) is 1. The van der Waals surface area contributed by atoms with Crippen LogP contribution in [0.4, 0.5) is 10.1 Å². The lowest BCUT2D eigenvalue weighted by molar-refractivity contribution is -0.153. The van der Waals surface area contributed by atoms with Gasteiger partial charge in [0.1, 0.15) is 12.4 Å². The van der Waals surface area contributed by atoms with E-state index in [1.54, 1.807) is 6.07 Å². The molecule has 0 fully saturated rings. The number of sulfonamides is 1. The lowest BCUT2D eigenvalue weighted by Gasteiger charge is -2.19. The fraction of sp³-hybridized carbons (Fsp3) is 0.300. The molecular weight excluding hydrogens is 399 g/mol. The van der Waals surface area contributed by atoms with E-state index in [-0.39, 0.29) is 4.90 Å². The number of likely N-dealkylation sites (N-methyl/N-ethyl adjacent to an activating group) is 1. The van der Waals surface area contributed by atoms with Crippen molar-refractivity contribution in [2.75, 3.05) is 18.9 Å². The molecule has 156 valence electrons. The first-order valence-corrected chi connectivity index (χ1v) is 10.2. The van der Waals surface area contributed by atoms with Gasteiger partial charge in [-0.15, -0.1) is 0 Å². The van der Waals surface area contributed by atoms with Crippen molar-refractivity contribution < 1.29 is 27.1 Å². The minimum Gasteiger partial charge on any atom is -0.452 e. The fourth-order valence-corrected chi connectivity index (χ4v) is 3.64. The van der Waals surface area contributed by atoms with E-state index in [2.05, 4.69) is 5.32 Å². The summed E-state index contributed by atoms with van der Waals surface area (Å²) in [6.07, 6.45) is -1.12. The second kappa shape index (κ2) is 9.15. The number of amides is 1. The number of carbonyl (C=O) groups excluding carboxylic acids is 2. The lowest BCUT2D eigenvalue weighted by atomic mass is 10.1. The maximum atomic E-state index is 13.0. The third kappa shape index (κ3) is 5.85. The molecule has 0 spiro atoms. The Morgan fingerprint density at radius 2 is 1.76 bits per heavy atom. The van der Waals surface area contributed by atoms with Crippen LogP contribution in [0.15, 0.2) is 47.4 Å². The smallest absolute Gasteiger partial charge is 0.322 e. The summed E-state index contributed by atoms with van der Waals surface area (Å²) in [7, 11) is -2.81. The van der Waals surface area contributed by atoms with Gasteiger partial charge in [0.25, 0.3) is 5.91 Å². The average molecular weight is 422 g/mol. The van der Waals surface area contributed by atoms with Crippen LogP contribution >= 0.6 is 0 Å². The van der Waals surface area contributed by atoms with E-state index in [0.29, 0.717) is 5.69 Å². The molecule has 1 unspecified atom stereocenters. The third-order valence-electron chi connectivity index (χ3n) is 4.19. The Kier molecular flexibility index (Phi) is 7.10. The molecule has 29 heavy (non-hydrogen) atoms. The molecule has 1 atom stereocenters. The maximum Gasteiger partial charge on any atom is 0.322 e. The van der Waals surface area contributed by atoms with Crippen LogP contribution in [0, 0.1) is 19.7 Å². The van der Waals surface area contributed by atoms with Crippen LogP contribution in [0.2, 0.25) is 0 Å². The molecule has 0 heterocycles. The summed E-state index contributed by atoms with van der Waals surface area (Å²) < 4.78 is 43.7. The number of aryl methyl sites for hydroxylation is 2. The normalized spacial score (nSPS) is 12.5. The highest BCUT2D eigenvalue weighted by Gasteiger charge is 2.26. The van der Waals surface area contributed by atoms with Gasteiger partial charge in [-0.05, 0) is 56.7 Å². The average Bonchev–Trinajstić information content (AvgIpc) is 2.64. The first-order valence-electron chi connectivity index (χ1n) is 8.80. The Bertz CT molecular complexity index is 1010. The maximum absolute atomic E-state index is 13.0. The van der Waals surface area contributed by atoms with Crippen molar-refractivity contribution in [3.8, 4) is 0 Å². The molecule has 1 amide bonds. The molecule has 1 N–H and O–H groups in total. The minimum absolute atomic E-state index is 0.158. The molecule has 0 aliphatic heterocycles. The highest BCUT2D eigenvalue weighted by Crippen LogP contribution is 2.17. The summed E-state index contributed by atoms with van der Waals surface area (Å²) in [6, 6.07) is 9.73. The Balaban J connectivity index is 1.96. The van der Waals surface area contributed by atoms with Crippen molar-refractivity contribution in [3.63, 3.8) is 0 Å². The van der Waals surface area contributed by atoms with Crippen LogP contribution in [0.5, 0.6) is 0 Å². The Morgan fingerprint density at radius 3 is 2.34 bits per heavy atom. The van der Waals surface area contributed by atoms with Crippen molar-refractivity contribution in [2.45, 2.75) is 31.8 Å². The molecule has 0 bridgehead atoms.